The second-order valence-corrected chi connectivity index (χ2v) is 7.45. The topological polar surface area (TPSA) is 60.9 Å². The highest BCUT2D eigenvalue weighted by atomic mass is 35.5. The quantitative estimate of drug-likeness (QED) is 0.908. The van der Waals surface area contributed by atoms with Crippen LogP contribution in [0.3, 0.4) is 0 Å². The van der Waals surface area contributed by atoms with Gasteiger partial charge in [0.05, 0.1) is 11.5 Å². The van der Waals surface area contributed by atoms with Crippen molar-refractivity contribution >= 4 is 21.6 Å². The van der Waals surface area contributed by atoms with Gasteiger partial charge in [-0.05, 0) is 31.7 Å². The fourth-order valence-electron chi connectivity index (χ4n) is 2.20. The van der Waals surface area contributed by atoms with E-state index in [1.807, 2.05) is 14.0 Å². The average molecular weight is 319 g/mol. The normalized spacial score (nSPS) is 22.1. The van der Waals surface area contributed by atoms with E-state index in [4.69, 9.17) is 16.7 Å². The van der Waals surface area contributed by atoms with E-state index in [-0.39, 0.29) is 22.6 Å². The predicted molar refractivity (Wildman–Crippen MR) is 78.2 cm³/mol. The molecule has 5 nitrogen and oxygen atoms in total. The fraction of sp³-hybridized carbons (Fsp3) is 0.538. The van der Waals surface area contributed by atoms with Crippen LogP contribution >= 0.6 is 11.6 Å². The number of hydrogen-bond donors (Lipinski definition) is 1. The minimum atomic E-state index is -3.53. The van der Waals surface area contributed by atoms with Crippen LogP contribution in [0.5, 0.6) is 0 Å². The zero-order valence-corrected chi connectivity index (χ0v) is 13.2. The van der Waals surface area contributed by atoms with Gasteiger partial charge in [0.15, 0.2) is 0 Å². The molecule has 20 heavy (non-hydrogen) atoms. The molecule has 1 N–H and O–H groups in total. The van der Waals surface area contributed by atoms with Crippen molar-refractivity contribution in [2.45, 2.75) is 24.5 Å². The molecule has 0 amide bonds. The molecule has 1 aromatic carbocycles. The third-order valence-corrected chi connectivity index (χ3v) is 5.97. The Labute approximate surface area is 124 Å². The van der Waals surface area contributed by atoms with Gasteiger partial charge in [0.2, 0.25) is 10.0 Å². The number of rotatable bonds is 3. The summed E-state index contributed by atoms with van der Waals surface area (Å²) >= 11 is 5.98. The molecule has 2 rings (SSSR count). The van der Waals surface area contributed by atoms with Crippen LogP contribution in [-0.4, -0.2) is 55.5 Å². The van der Waals surface area contributed by atoms with Crippen molar-refractivity contribution < 1.29 is 13.5 Å². The van der Waals surface area contributed by atoms with Gasteiger partial charge < -0.3 is 10.0 Å². The van der Waals surface area contributed by atoms with Gasteiger partial charge in [-0.3, -0.25) is 0 Å². The van der Waals surface area contributed by atoms with Gasteiger partial charge in [0.25, 0.3) is 0 Å². The maximum atomic E-state index is 12.6. The van der Waals surface area contributed by atoms with Crippen molar-refractivity contribution in [2.24, 2.45) is 0 Å². The molecule has 112 valence electrons. The second-order valence-electron chi connectivity index (χ2n) is 5.10. The molecule has 0 aliphatic carbocycles. The Morgan fingerprint density at radius 3 is 2.65 bits per heavy atom. The van der Waals surface area contributed by atoms with E-state index in [0.29, 0.717) is 25.2 Å². The summed E-state index contributed by atoms with van der Waals surface area (Å²) < 4.78 is 26.6. The van der Waals surface area contributed by atoms with Crippen LogP contribution in [0, 0.1) is 0 Å². The number of halogens is 1. The van der Waals surface area contributed by atoms with Crippen LogP contribution in [0.4, 0.5) is 0 Å². The van der Waals surface area contributed by atoms with Crippen LogP contribution in [0.25, 0.3) is 0 Å². The molecule has 0 radical (unpaired) electrons. The number of aliphatic hydroxyl groups excluding tert-OH is 1. The van der Waals surface area contributed by atoms with Crippen LogP contribution < -0.4 is 0 Å². The highest BCUT2D eigenvalue weighted by Crippen LogP contribution is 2.24. The van der Waals surface area contributed by atoms with E-state index >= 15 is 0 Å². The van der Waals surface area contributed by atoms with Crippen molar-refractivity contribution in [2.75, 3.05) is 26.7 Å². The molecule has 0 aromatic heterocycles. The molecule has 0 spiro atoms. The number of piperazine rings is 1. The van der Waals surface area contributed by atoms with E-state index in [9.17, 15) is 8.42 Å². The first-order valence-corrected chi connectivity index (χ1v) is 8.27. The lowest BCUT2D eigenvalue weighted by Crippen LogP contribution is -2.51. The molecule has 0 bridgehead atoms. The monoisotopic (exact) mass is 318 g/mol. The Kier molecular flexibility index (Phi) is 4.71. The van der Waals surface area contributed by atoms with Crippen LogP contribution in [-0.2, 0) is 16.6 Å². The summed E-state index contributed by atoms with van der Waals surface area (Å²) in [4.78, 5) is 2.31. The third kappa shape index (κ3) is 2.99. The molecule has 1 aliphatic heterocycles. The standard InChI is InChI=1S/C13H19ClN2O3S/c1-10-8-16(6-5-15(10)2)20(18,19)12-4-3-11(9-17)13(14)7-12/h3-4,7,10,17H,5-6,8-9H2,1-2H3. The van der Waals surface area contributed by atoms with Crippen molar-refractivity contribution in [1.82, 2.24) is 9.21 Å². The first-order chi connectivity index (χ1) is 9.36. The summed E-state index contributed by atoms with van der Waals surface area (Å²) in [5, 5.41) is 9.35. The summed E-state index contributed by atoms with van der Waals surface area (Å²) in [5.41, 5.74) is 0.525. The van der Waals surface area contributed by atoms with Crippen molar-refractivity contribution in [3.8, 4) is 0 Å². The van der Waals surface area contributed by atoms with Crippen molar-refractivity contribution in [3.05, 3.63) is 28.8 Å². The number of benzene rings is 1. The zero-order chi connectivity index (χ0) is 14.9. The molecule has 1 aromatic rings. The number of likely N-dealkylation sites (N-methyl/N-ethyl adjacent to an activating group) is 1. The van der Waals surface area contributed by atoms with Crippen LogP contribution in [0.15, 0.2) is 23.1 Å². The highest BCUT2D eigenvalue weighted by molar-refractivity contribution is 7.89. The Morgan fingerprint density at radius 2 is 2.10 bits per heavy atom. The van der Waals surface area contributed by atoms with Gasteiger partial charge in [-0.2, -0.15) is 4.31 Å². The van der Waals surface area contributed by atoms with Crippen molar-refractivity contribution in [1.29, 1.82) is 0 Å². The Balaban J connectivity index is 2.29. The smallest absolute Gasteiger partial charge is 0.243 e. The SMILES string of the molecule is CC1CN(S(=O)(=O)c2ccc(CO)c(Cl)c2)CCN1C. The lowest BCUT2D eigenvalue weighted by atomic mass is 10.2. The number of hydrogen-bond acceptors (Lipinski definition) is 4. The van der Waals surface area contributed by atoms with Crippen LogP contribution in [0.2, 0.25) is 5.02 Å². The minimum absolute atomic E-state index is 0.177. The Bertz CT molecular complexity index is 591. The summed E-state index contributed by atoms with van der Waals surface area (Å²) in [6, 6.07) is 4.64. The largest absolute Gasteiger partial charge is 0.392 e. The molecular formula is C13H19ClN2O3S. The molecule has 1 fully saturated rings. The Morgan fingerprint density at radius 1 is 1.40 bits per heavy atom. The lowest BCUT2D eigenvalue weighted by molar-refractivity contribution is 0.159. The maximum Gasteiger partial charge on any atom is 0.243 e. The fourth-order valence-corrected chi connectivity index (χ4v) is 4.04. The molecular weight excluding hydrogens is 300 g/mol. The van der Waals surface area contributed by atoms with Crippen molar-refractivity contribution in [3.63, 3.8) is 0 Å². The molecule has 1 atom stereocenters. The number of nitrogens with zero attached hydrogens (tertiary/aromatic N) is 2. The lowest BCUT2D eigenvalue weighted by Gasteiger charge is -2.36. The molecule has 1 heterocycles. The molecule has 0 saturated carbocycles. The number of sulfonamides is 1. The van der Waals surface area contributed by atoms with E-state index in [1.165, 1.54) is 16.4 Å². The first-order valence-electron chi connectivity index (χ1n) is 6.46. The molecule has 1 aliphatic rings. The average Bonchev–Trinajstić information content (AvgIpc) is 2.41. The minimum Gasteiger partial charge on any atom is -0.392 e. The van der Waals surface area contributed by atoms with Gasteiger partial charge in [-0.25, -0.2) is 8.42 Å². The number of aliphatic hydroxyl groups is 1. The van der Waals surface area contributed by atoms with Gasteiger partial charge in [-0.15, -0.1) is 0 Å². The summed E-state index contributed by atoms with van der Waals surface area (Å²) in [7, 11) is -1.54. The van der Waals surface area contributed by atoms with Crippen LogP contribution in [0.1, 0.15) is 12.5 Å². The summed E-state index contributed by atoms with van der Waals surface area (Å²) in [6.07, 6.45) is 0. The highest BCUT2D eigenvalue weighted by Gasteiger charge is 2.31. The second kappa shape index (κ2) is 5.99. The van der Waals surface area contributed by atoms with Gasteiger partial charge in [0, 0.05) is 30.7 Å². The Hall–Kier alpha value is -0.660. The maximum absolute atomic E-state index is 12.6. The summed E-state index contributed by atoms with van der Waals surface area (Å²) in [5.74, 6) is 0. The summed E-state index contributed by atoms with van der Waals surface area (Å²) in [6.45, 7) is 3.46. The van der Waals surface area contributed by atoms with E-state index < -0.39 is 10.0 Å². The molecule has 1 saturated heterocycles. The van der Waals surface area contributed by atoms with Gasteiger partial charge >= 0.3 is 0 Å². The molecule has 7 heteroatoms. The van der Waals surface area contributed by atoms with E-state index in [0.717, 1.165) is 0 Å². The van der Waals surface area contributed by atoms with Gasteiger partial charge in [-0.1, -0.05) is 17.7 Å². The molecule has 1 unspecified atom stereocenters. The predicted octanol–water partition coefficient (Wildman–Crippen LogP) is 1.16. The zero-order valence-electron chi connectivity index (χ0n) is 11.6. The first kappa shape index (κ1) is 15.7. The van der Waals surface area contributed by atoms with E-state index in [2.05, 4.69) is 4.90 Å². The van der Waals surface area contributed by atoms with E-state index in [1.54, 1.807) is 6.07 Å². The van der Waals surface area contributed by atoms with Gasteiger partial charge in [0.1, 0.15) is 0 Å². The third-order valence-electron chi connectivity index (χ3n) is 3.76.